The lowest BCUT2D eigenvalue weighted by molar-refractivity contribution is 1.16. The Balaban J connectivity index is 1.11. The fourth-order valence-electron chi connectivity index (χ4n) is 8.67. The summed E-state index contributed by atoms with van der Waals surface area (Å²) in [7, 11) is 0. The quantitative estimate of drug-likeness (QED) is 0.173. The molecule has 1 aliphatic rings. The minimum absolute atomic E-state index is 0.656. The molecular formula is C48H26N4. The van der Waals surface area contributed by atoms with Crippen molar-refractivity contribution < 1.29 is 0 Å². The summed E-state index contributed by atoms with van der Waals surface area (Å²) in [6, 6.07) is 56.3. The molecule has 2 aromatic heterocycles. The highest BCUT2D eigenvalue weighted by Gasteiger charge is 2.28. The minimum Gasteiger partial charge on any atom is -0.227 e. The summed E-state index contributed by atoms with van der Waals surface area (Å²) < 4.78 is 0. The number of nitrogens with zero attached hydrogens (tertiary/aromatic N) is 4. The van der Waals surface area contributed by atoms with Gasteiger partial charge in [0.05, 0.1) is 16.8 Å². The molecule has 0 radical (unpaired) electrons. The van der Waals surface area contributed by atoms with Gasteiger partial charge in [0.1, 0.15) is 0 Å². The second-order valence-electron chi connectivity index (χ2n) is 13.7. The third kappa shape index (κ3) is 3.75. The van der Waals surface area contributed by atoms with Crippen LogP contribution in [-0.4, -0.2) is 19.9 Å². The van der Waals surface area contributed by atoms with Gasteiger partial charge in [-0.25, -0.2) is 19.9 Å². The molecule has 0 saturated carbocycles. The van der Waals surface area contributed by atoms with E-state index in [9.17, 15) is 0 Å². The molecule has 0 atom stereocenters. The first-order valence-electron chi connectivity index (χ1n) is 17.7. The molecule has 0 bridgehead atoms. The maximum atomic E-state index is 5.25. The summed E-state index contributed by atoms with van der Waals surface area (Å²) in [5.74, 6) is 1.31. The molecule has 0 fully saturated rings. The van der Waals surface area contributed by atoms with Crippen molar-refractivity contribution in [3.8, 4) is 45.3 Å². The second kappa shape index (κ2) is 10.3. The zero-order chi connectivity index (χ0) is 33.9. The molecular weight excluding hydrogens is 633 g/mol. The molecule has 4 nitrogen and oxygen atoms in total. The fraction of sp³-hybridized carbons (Fsp3) is 0. The molecule has 1 aliphatic carbocycles. The summed E-state index contributed by atoms with van der Waals surface area (Å²) in [6.45, 7) is 0. The zero-order valence-electron chi connectivity index (χ0n) is 27.8. The van der Waals surface area contributed by atoms with Crippen molar-refractivity contribution in [1.29, 1.82) is 0 Å². The van der Waals surface area contributed by atoms with Crippen LogP contribution in [0.3, 0.4) is 0 Å². The van der Waals surface area contributed by atoms with Crippen LogP contribution in [0.4, 0.5) is 0 Å². The Bertz CT molecular complexity index is 3070. The van der Waals surface area contributed by atoms with E-state index < -0.39 is 0 Å². The molecule has 0 amide bonds. The van der Waals surface area contributed by atoms with Gasteiger partial charge < -0.3 is 0 Å². The van der Waals surface area contributed by atoms with Crippen LogP contribution >= 0.6 is 0 Å². The summed E-state index contributed by atoms with van der Waals surface area (Å²) in [5.41, 5.74) is 6.47. The third-order valence-electron chi connectivity index (χ3n) is 11.0. The van der Waals surface area contributed by atoms with Crippen LogP contribution in [0.5, 0.6) is 0 Å². The summed E-state index contributed by atoms with van der Waals surface area (Å²) >= 11 is 0. The molecule has 52 heavy (non-hydrogen) atoms. The van der Waals surface area contributed by atoms with Gasteiger partial charge in [-0.1, -0.05) is 146 Å². The predicted molar refractivity (Wildman–Crippen MR) is 215 cm³/mol. The summed E-state index contributed by atoms with van der Waals surface area (Å²) in [5, 5.41) is 15.7. The Labute approximate surface area is 297 Å². The third-order valence-corrected chi connectivity index (χ3v) is 11.0. The Kier molecular flexibility index (Phi) is 5.47. The van der Waals surface area contributed by atoms with Crippen molar-refractivity contribution in [2.75, 3.05) is 0 Å². The lowest BCUT2D eigenvalue weighted by atomic mass is 9.93. The van der Waals surface area contributed by atoms with E-state index in [2.05, 4.69) is 158 Å². The minimum atomic E-state index is 0.656. The van der Waals surface area contributed by atoms with Crippen LogP contribution < -0.4 is 0 Å². The van der Waals surface area contributed by atoms with Gasteiger partial charge in [0.25, 0.3) is 0 Å². The maximum absolute atomic E-state index is 5.25. The van der Waals surface area contributed by atoms with Gasteiger partial charge in [0, 0.05) is 22.3 Å². The van der Waals surface area contributed by atoms with E-state index in [0.717, 1.165) is 39.0 Å². The van der Waals surface area contributed by atoms with E-state index in [1.807, 2.05) is 0 Å². The number of rotatable bonds is 2. The monoisotopic (exact) mass is 658 g/mol. The van der Waals surface area contributed by atoms with E-state index in [4.69, 9.17) is 19.9 Å². The topological polar surface area (TPSA) is 51.6 Å². The Hall–Kier alpha value is -7.04. The summed E-state index contributed by atoms with van der Waals surface area (Å²) in [6.07, 6.45) is 0. The van der Waals surface area contributed by atoms with E-state index >= 15 is 0 Å². The molecule has 0 spiro atoms. The van der Waals surface area contributed by atoms with Crippen molar-refractivity contribution >= 4 is 75.7 Å². The molecule has 238 valence electrons. The van der Waals surface area contributed by atoms with Crippen LogP contribution in [0.1, 0.15) is 0 Å². The molecule has 2 heterocycles. The molecule has 4 heteroatoms. The van der Waals surface area contributed by atoms with Crippen molar-refractivity contribution in [3.05, 3.63) is 158 Å². The highest BCUT2D eigenvalue weighted by atomic mass is 15.0. The van der Waals surface area contributed by atoms with Crippen LogP contribution in [0.15, 0.2) is 158 Å². The Morgan fingerprint density at radius 3 is 0.942 bits per heavy atom. The molecule has 0 saturated heterocycles. The van der Waals surface area contributed by atoms with Gasteiger partial charge in [-0.3, -0.25) is 0 Å². The highest BCUT2D eigenvalue weighted by molar-refractivity contribution is 6.27. The van der Waals surface area contributed by atoms with Crippen molar-refractivity contribution in [1.82, 2.24) is 19.9 Å². The van der Waals surface area contributed by atoms with Crippen molar-refractivity contribution in [3.63, 3.8) is 0 Å². The molecule has 9 aromatic carbocycles. The lowest BCUT2D eigenvalue weighted by Crippen LogP contribution is -1.98. The maximum Gasteiger partial charge on any atom is 0.168 e. The molecule has 11 aromatic rings. The first-order chi connectivity index (χ1) is 25.8. The molecule has 0 N–H and O–H groups in total. The highest BCUT2D eigenvalue weighted by Crippen LogP contribution is 2.46. The van der Waals surface area contributed by atoms with E-state index in [-0.39, 0.29) is 0 Å². The number of aromatic nitrogens is 4. The van der Waals surface area contributed by atoms with Gasteiger partial charge in [-0.15, -0.1) is 0 Å². The number of hydrogen-bond donors (Lipinski definition) is 0. The van der Waals surface area contributed by atoms with Gasteiger partial charge in [-0.05, 0) is 76.8 Å². The lowest BCUT2D eigenvalue weighted by Gasteiger charge is -2.13. The van der Waals surface area contributed by atoms with Crippen molar-refractivity contribution in [2.45, 2.75) is 0 Å². The van der Waals surface area contributed by atoms with Crippen LogP contribution in [0.2, 0.25) is 0 Å². The number of benzene rings is 9. The fourth-order valence-corrected chi connectivity index (χ4v) is 8.67. The Morgan fingerprint density at radius 2 is 0.577 bits per heavy atom. The first-order valence-corrected chi connectivity index (χ1v) is 17.7. The van der Waals surface area contributed by atoms with Crippen LogP contribution in [0, 0.1) is 0 Å². The molecule has 0 aliphatic heterocycles. The average Bonchev–Trinajstić information content (AvgIpc) is 3.54. The SMILES string of the molecule is c1ccc2c(c1)-c1nc(-c3ccc4c5ccccc5c5ccccc5c4c3)nc3nc(-c4ccc5c6ccccc6c6ccccc6c5c4)nc-2c13. The largest absolute Gasteiger partial charge is 0.227 e. The van der Waals surface area contributed by atoms with E-state index in [1.54, 1.807) is 0 Å². The standard InChI is InChI=1S/C48H26N4/c1-3-15-33-29(11-1)31-13-5-7-17-35(31)41-25-27(21-23-37(33)41)46-49-44-39-19-9-10-20-40(39)45-43(44)48(51-46)52-47(50-45)28-22-24-38-34-16-4-2-12-30(34)32-14-6-8-18-36(32)42(38)26-28/h1-26H. The smallest absolute Gasteiger partial charge is 0.168 e. The van der Waals surface area contributed by atoms with Gasteiger partial charge in [0.2, 0.25) is 0 Å². The first kappa shape index (κ1) is 27.7. The van der Waals surface area contributed by atoms with E-state index in [1.165, 1.54) is 64.6 Å². The second-order valence-corrected chi connectivity index (χ2v) is 13.7. The average molecular weight is 659 g/mol. The molecule has 0 unspecified atom stereocenters. The Morgan fingerprint density at radius 1 is 0.269 bits per heavy atom. The predicted octanol–water partition coefficient (Wildman–Crippen LogP) is 12.3. The van der Waals surface area contributed by atoms with Gasteiger partial charge >= 0.3 is 0 Å². The zero-order valence-corrected chi connectivity index (χ0v) is 27.8. The van der Waals surface area contributed by atoms with Crippen LogP contribution in [-0.2, 0) is 0 Å². The van der Waals surface area contributed by atoms with Gasteiger partial charge in [0.15, 0.2) is 17.3 Å². The summed E-state index contributed by atoms with van der Waals surface area (Å²) in [4.78, 5) is 20.9. The van der Waals surface area contributed by atoms with Crippen LogP contribution in [0.25, 0.3) is 121 Å². The molecule has 12 rings (SSSR count). The van der Waals surface area contributed by atoms with Crippen molar-refractivity contribution in [2.24, 2.45) is 0 Å². The van der Waals surface area contributed by atoms with E-state index in [0.29, 0.717) is 17.3 Å². The number of fused-ring (bicyclic) bond motifs is 15. The number of hydrogen-bond acceptors (Lipinski definition) is 4. The normalized spacial score (nSPS) is 12.2. The van der Waals surface area contributed by atoms with Gasteiger partial charge in [-0.2, -0.15) is 0 Å².